The summed E-state index contributed by atoms with van der Waals surface area (Å²) in [4.78, 5) is 12.0. The summed E-state index contributed by atoms with van der Waals surface area (Å²) < 4.78 is 5.54. The van der Waals surface area contributed by atoms with Crippen molar-refractivity contribution in [3.63, 3.8) is 0 Å². The lowest BCUT2D eigenvalue weighted by Gasteiger charge is -2.07. The quantitative estimate of drug-likeness (QED) is 0.632. The Morgan fingerprint density at radius 1 is 1.18 bits per heavy atom. The predicted molar refractivity (Wildman–Crippen MR) is 83.1 cm³/mol. The van der Waals surface area contributed by atoms with Gasteiger partial charge in [0.15, 0.2) is 0 Å². The molecule has 5 N–H and O–H groups in total. The third-order valence-electron chi connectivity index (χ3n) is 3.00. The first-order chi connectivity index (χ1) is 10.7. The number of hydrogen-bond acceptors (Lipinski definition) is 7. The molecule has 0 fully saturated rings. The van der Waals surface area contributed by atoms with Crippen molar-refractivity contribution in [1.29, 1.82) is 0 Å². The Hall–Kier alpha value is -3.35. The Kier molecular flexibility index (Phi) is 3.45. The number of ether oxygens (including phenoxy) is 1. The van der Waals surface area contributed by atoms with E-state index in [1.807, 2.05) is 0 Å². The lowest BCUT2D eigenvalue weighted by Crippen LogP contribution is -1.96. The van der Waals surface area contributed by atoms with E-state index in [0.717, 1.165) is 5.56 Å². The van der Waals surface area contributed by atoms with Crippen molar-refractivity contribution < 1.29 is 9.84 Å². The molecule has 3 aromatic rings. The van der Waals surface area contributed by atoms with E-state index in [2.05, 4.69) is 15.0 Å². The number of rotatable bonds is 3. The summed E-state index contributed by atoms with van der Waals surface area (Å²) in [6.45, 7) is 0. The molecular formula is C15H13N5O2. The van der Waals surface area contributed by atoms with E-state index in [-0.39, 0.29) is 11.9 Å². The highest BCUT2D eigenvalue weighted by Crippen LogP contribution is 2.27. The second kappa shape index (κ2) is 5.57. The lowest BCUT2D eigenvalue weighted by atomic mass is 10.1. The van der Waals surface area contributed by atoms with Gasteiger partial charge in [-0.25, -0.2) is 0 Å². The van der Waals surface area contributed by atoms with Crippen LogP contribution in [0, 0.1) is 0 Å². The van der Waals surface area contributed by atoms with E-state index in [4.69, 9.17) is 16.2 Å². The molecule has 110 valence electrons. The SMILES string of the molecule is N/C=C/c1ccc(Oc2nc(O)c3ccncc3n2)cc1N. The van der Waals surface area contributed by atoms with E-state index in [1.165, 1.54) is 12.4 Å². The maximum Gasteiger partial charge on any atom is 0.325 e. The first kappa shape index (κ1) is 13.6. The van der Waals surface area contributed by atoms with Gasteiger partial charge in [0.05, 0.1) is 17.1 Å². The fourth-order valence-corrected chi connectivity index (χ4v) is 1.97. The van der Waals surface area contributed by atoms with Gasteiger partial charge in [0.2, 0.25) is 5.88 Å². The average Bonchev–Trinajstić information content (AvgIpc) is 2.50. The number of pyridine rings is 1. The fourth-order valence-electron chi connectivity index (χ4n) is 1.97. The van der Waals surface area contributed by atoms with E-state index in [9.17, 15) is 5.11 Å². The van der Waals surface area contributed by atoms with Gasteiger partial charge >= 0.3 is 6.01 Å². The third kappa shape index (κ3) is 2.59. The highest BCUT2D eigenvalue weighted by molar-refractivity contribution is 5.82. The van der Waals surface area contributed by atoms with Crippen LogP contribution in [0.5, 0.6) is 17.6 Å². The molecule has 0 spiro atoms. The highest BCUT2D eigenvalue weighted by atomic mass is 16.5. The molecule has 0 saturated heterocycles. The highest BCUT2D eigenvalue weighted by Gasteiger charge is 2.09. The second-order valence-electron chi connectivity index (χ2n) is 4.47. The second-order valence-corrected chi connectivity index (χ2v) is 4.47. The Morgan fingerprint density at radius 3 is 2.82 bits per heavy atom. The van der Waals surface area contributed by atoms with Crippen molar-refractivity contribution in [3.05, 3.63) is 48.4 Å². The number of anilines is 1. The van der Waals surface area contributed by atoms with Crippen LogP contribution in [-0.4, -0.2) is 20.1 Å². The van der Waals surface area contributed by atoms with Gasteiger partial charge in [0.25, 0.3) is 0 Å². The van der Waals surface area contributed by atoms with Crippen LogP contribution >= 0.6 is 0 Å². The molecule has 22 heavy (non-hydrogen) atoms. The van der Waals surface area contributed by atoms with Gasteiger partial charge < -0.3 is 21.3 Å². The van der Waals surface area contributed by atoms with Crippen LogP contribution in [0.2, 0.25) is 0 Å². The molecule has 2 aromatic heterocycles. The van der Waals surface area contributed by atoms with Crippen molar-refractivity contribution in [2.45, 2.75) is 0 Å². The van der Waals surface area contributed by atoms with Crippen LogP contribution in [0.4, 0.5) is 5.69 Å². The number of benzene rings is 1. The molecule has 7 nitrogen and oxygen atoms in total. The zero-order chi connectivity index (χ0) is 15.5. The van der Waals surface area contributed by atoms with Gasteiger partial charge in [-0.2, -0.15) is 9.97 Å². The summed E-state index contributed by atoms with van der Waals surface area (Å²) in [5.74, 6) is 0.285. The average molecular weight is 295 g/mol. The van der Waals surface area contributed by atoms with E-state index >= 15 is 0 Å². The van der Waals surface area contributed by atoms with E-state index in [0.29, 0.717) is 22.3 Å². The lowest BCUT2D eigenvalue weighted by molar-refractivity contribution is 0.412. The van der Waals surface area contributed by atoms with Crippen molar-refractivity contribution in [2.24, 2.45) is 5.73 Å². The maximum absolute atomic E-state index is 9.89. The minimum absolute atomic E-state index is 0.0134. The maximum atomic E-state index is 9.89. The Labute approximate surface area is 125 Å². The topological polar surface area (TPSA) is 120 Å². The number of fused-ring (bicyclic) bond motifs is 1. The van der Waals surface area contributed by atoms with E-state index in [1.54, 1.807) is 36.5 Å². The smallest absolute Gasteiger partial charge is 0.325 e. The van der Waals surface area contributed by atoms with Gasteiger partial charge in [0, 0.05) is 18.0 Å². The summed E-state index contributed by atoms with van der Waals surface area (Å²) in [5, 5.41) is 10.4. The molecular weight excluding hydrogens is 282 g/mol. The number of nitrogens with zero attached hydrogens (tertiary/aromatic N) is 3. The molecule has 0 aliphatic carbocycles. The predicted octanol–water partition coefficient (Wildman–Crippen LogP) is 2.03. The summed E-state index contributed by atoms with van der Waals surface area (Å²) >= 11 is 0. The van der Waals surface area contributed by atoms with Crippen molar-refractivity contribution >= 4 is 22.7 Å². The number of aromatic hydroxyl groups is 1. The fraction of sp³-hybridized carbons (Fsp3) is 0. The zero-order valence-electron chi connectivity index (χ0n) is 11.5. The zero-order valence-corrected chi connectivity index (χ0v) is 11.5. The Morgan fingerprint density at radius 2 is 2.05 bits per heavy atom. The number of nitrogen functional groups attached to an aromatic ring is 1. The van der Waals surface area contributed by atoms with Gasteiger partial charge in [0.1, 0.15) is 5.75 Å². The van der Waals surface area contributed by atoms with Crippen molar-refractivity contribution in [3.8, 4) is 17.6 Å². The molecule has 0 aliphatic heterocycles. The Balaban J connectivity index is 1.94. The van der Waals surface area contributed by atoms with Crippen LogP contribution in [0.3, 0.4) is 0 Å². The molecule has 1 aromatic carbocycles. The molecule has 7 heteroatoms. The third-order valence-corrected chi connectivity index (χ3v) is 3.00. The molecule has 2 heterocycles. The van der Waals surface area contributed by atoms with Crippen LogP contribution in [-0.2, 0) is 0 Å². The molecule has 0 unspecified atom stereocenters. The molecule has 0 aliphatic rings. The van der Waals surface area contributed by atoms with Gasteiger partial charge in [-0.3, -0.25) is 4.98 Å². The van der Waals surface area contributed by atoms with Gasteiger partial charge in [-0.1, -0.05) is 0 Å². The number of aromatic nitrogens is 3. The number of hydrogen-bond donors (Lipinski definition) is 3. The number of nitrogens with two attached hydrogens (primary N) is 2. The monoisotopic (exact) mass is 295 g/mol. The summed E-state index contributed by atoms with van der Waals surface area (Å²) in [6, 6.07) is 6.74. The van der Waals surface area contributed by atoms with Crippen molar-refractivity contribution in [2.75, 3.05) is 5.73 Å². The van der Waals surface area contributed by atoms with Crippen molar-refractivity contribution in [1.82, 2.24) is 15.0 Å². The minimum Gasteiger partial charge on any atom is -0.493 e. The van der Waals surface area contributed by atoms with Gasteiger partial charge in [-0.05, 0) is 36.0 Å². The Bertz CT molecular complexity index is 864. The molecule has 0 amide bonds. The first-order valence-electron chi connectivity index (χ1n) is 6.44. The molecule has 0 radical (unpaired) electrons. The van der Waals surface area contributed by atoms with Crippen LogP contribution in [0.25, 0.3) is 17.0 Å². The minimum atomic E-state index is -0.168. The summed E-state index contributed by atoms with van der Waals surface area (Å²) in [7, 11) is 0. The van der Waals surface area contributed by atoms with Crippen LogP contribution in [0.1, 0.15) is 5.56 Å². The summed E-state index contributed by atoms with van der Waals surface area (Å²) in [6.07, 6.45) is 6.16. The largest absolute Gasteiger partial charge is 0.493 e. The molecule has 3 rings (SSSR count). The first-order valence-corrected chi connectivity index (χ1v) is 6.44. The van der Waals surface area contributed by atoms with Gasteiger partial charge in [-0.15, -0.1) is 0 Å². The van der Waals surface area contributed by atoms with E-state index < -0.39 is 0 Å². The van der Waals surface area contributed by atoms with Crippen LogP contribution in [0.15, 0.2) is 42.9 Å². The molecule has 0 bridgehead atoms. The molecule has 0 atom stereocenters. The molecule has 0 saturated carbocycles. The normalized spacial score (nSPS) is 11.1. The van der Waals surface area contributed by atoms with Crippen LogP contribution < -0.4 is 16.2 Å². The standard InChI is InChI=1S/C15H13N5O2/c16-5-3-9-1-2-10(7-12(9)17)22-15-19-13-8-18-6-4-11(13)14(21)20-15/h1-8H,16-17H2,(H,19,20,21)/b5-3+. The summed E-state index contributed by atoms with van der Waals surface area (Å²) in [5.41, 5.74) is 13.0.